The van der Waals surface area contributed by atoms with E-state index < -0.39 is 4.87 Å². The molecule has 1 fully saturated rings. The first kappa shape index (κ1) is 14.5. The van der Waals surface area contributed by atoms with E-state index in [9.17, 15) is 0 Å². The van der Waals surface area contributed by atoms with Gasteiger partial charge in [0.25, 0.3) is 0 Å². The quantitative estimate of drug-likeness (QED) is 0.660. The molecule has 0 atom stereocenters. The summed E-state index contributed by atoms with van der Waals surface area (Å²) in [6.07, 6.45) is 0. The lowest BCUT2D eigenvalue weighted by Gasteiger charge is -2.32. The number of rotatable bonds is 2. The van der Waals surface area contributed by atoms with E-state index >= 15 is 0 Å². The molecule has 0 radical (unpaired) electrons. The van der Waals surface area contributed by atoms with Gasteiger partial charge in [-0.1, -0.05) is 0 Å². The molecule has 3 N–H and O–H groups in total. The highest BCUT2D eigenvalue weighted by atomic mass is 35.5. The van der Waals surface area contributed by atoms with Crippen molar-refractivity contribution in [3.63, 3.8) is 0 Å². The number of aromatic amines is 1. The Morgan fingerprint density at radius 1 is 1.24 bits per heavy atom. The summed E-state index contributed by atoms with van der Waals surface area (Å²) in [4.78, 5) is 12.2. The number of imidazole rings is 1. The van der Waals surface area contributed by atoms with Crippen molar-refractivity contribution in [3.05, 3.63) is 17.7 Å². The Kier molecular flexibility index (Phi) is 3.50. The van der Waals surface area contributed by atoms with Crippen molar-refractivity contribution in [1.29, 1.82) is 0 Å². The first-order valence-electron chi connectivity index (χ1n) is 7.27. The Morgan fingerprint density at radius 3 is 2.52 bits per heavy atom. The highest BCUT2D eigenvalue weighted by molar-refractivity contribution is 6.24. The zero-order valence-corrected chi connectivity index (χ0v) is 13.5. The molecule has 2 heterocycles. The van der Waals surface area contributed by atoms with Crippen LogP contribution in [0.5, 0.6) is 0 Å². The summed E-state index contributed by atoms with van der Waals surface area (Å²) in [7, 11) is 2.14. The Balaban J connectivity index is 1.97. The molecule has 6 heteroatoms. The summed E-state index contributed by atoms with van der Waals surface area (Å²) in [6.45, 7) is 7.97. The molecule has 0 aliphatic carbocycles. The normalized spacial score (nSPS) is 17.6. The van der Waals surface area contributed by atoms with Crippen LogP contribution in [0.15, 0.2) is 12.1 Å². The lowest BCUT2D eigenvalue weighted by molar-refractivity contribution is 0.311. The maximum atomic E-state index is 6.40. The summed E-state index contributed by atoms with van der Waals surface area (Å²) >= 11 is 6.40. The fraction of sp³-hybridized carbons (Fsp3) is 0.533. The second-order valence-corrected chi connectivity index (χ2v) is 7.22. The van der Waals surface area contributed by atoms with Crippen LogP contribution in [-0.2, 0) is 4.87 Å². The Labute approximate surface area is 130 Å². The van der Waals surface area contributed by atoms with Crippen LogP contribution in [0.25, 0.3) is 11.0 Å². The van der Waals surface area contributed by atoms with E-state index in [1.54, 1.807) is 0 Å². The monoisotopic (exact) mass is 307 g/mol. The number of aromatic nitrogens is 2. The number of hydrogen-bond acceptors (Lipinski definition) is 4. The van der Waals surface area contributed by atoms with Gasteiger partial charge >= 0.3 is 0 Å². The van der Waals surface area contributed by atoms with E-state index in [0.717, 1.165) is 48.7 Å². The highest BCUT2D eigenvalue weighted by Crippen LogP contribution is 2.35. The standard InChI is InChI=1S/C15H22ClN5/c1-15(2,16)10-8-12-13(9-11(10)17)19-14(18-12)21-6-4-20(3)5-7-21/h8-9H,4-7,17H2,1-3H3,(H,18,19). The van der Waals surface area contributed by atoms with Crippen molar-refractivity contribution in [3.8, 4) is 0 Å². The predicted octanol–water partition coefficient (Wildman–Crippen LogP) is 2.37. The number of H-pyrrole nitrogens is 1. The van der Waals surface area contributed by atoms with Gasteiger partial charge in [0.05, 0.1) is 15.9 Å². The summed E-state index contributed by atoms with van der Waals surface area (Å²) in [6, 6.07) is 3.93. The van der Waals surface area contributed by atoms with Crippen LogP contribution in [0.4, 0.5) is 11.6 Å². The summed E-state index contributed by atoms with van der Waals surface area (Å²) in [5, 5.41) is 0. The fourth-order valence-corrected chi connectivity index (χ4v) is 2.91. The summed E-state index contributed by atoms with van der Waals surface area (Å²) < 4.78 is 0. The van der Waals surface area contributed by atoms with Crippen LogP contribution in [-0.4, -0.2) is 48.1 Å². The van der Waals surface area contributed by atoms with Crippen LogP contribution in [0.3, 0.4) is 0 Å². The van der Waals surface area contributed by atoms with Crippen LogP contribution in [0, 0.1) is 0 Å². The number of halogens is 1. The topological polar surface area (TPSA) is 61.2 Å². The molecule has 3 rings (SSSR count). The van der Waals surface area contributed by atoms with Crippen molar-refractivity contribution in [2.24, 2.45) is 0 Å². The number of alkyl halides is 1. The predicted molar refractivity (Wildman–Crippen MR) is 89.1 cm³/mol. The molecule has 5 nitrogen and oxygen atoms in total. The van der Waals surface area contributed by atoms with Crippen LogP contribution >= 0.6 is 11.6 Å². The molecule has 2 aromatic rings. The number of nitrogens with zero attached hydrogens (tertiary/aromatic N) is 3. The number of piperazine rings is 1. The lowest BCUT2D eigenvalue weighted by Crippen LogP contribution is -2.44. The van der Waals surface area contributed by atoms with Gasteiger partial charge in [0, 0.05) is 31.9 Å². The summed E-state index contributed by atoms with van der Waals surface area (Å²) in [5.41, 5.74) is 9.64. The smallest absolute Gasteiger partial charge is 0.203 e. The van der Waals surface area contributed by atoms with Gasteiger partial charge in [-0.25, -0.2) is 4.98 Å². The van der Waals surface area contributed by atoms with Gasteiger partial charge in [0.15, 0.2) is 0 Å². The molecule has 0 unspecified atom stereocenters. The number of fused-ring (bicyclic) bond motifs is 1. The van der Waals surface area contributed by atoms with Crippen molar-refractivity contribution in [1.82, 2.24) is 14.9 Å². The average Bonchev–Trinajstić information content (AvgIpc) is 2.80. The van der Waals surface area contributed by atoms with Crippen molar-refractivity contribution in [2.75, 3.05) is 43.9 Å². The minimum atomic E-state index is -0.495. The van der Waals surface area contributed by atoms with E-state index in [4.69, 9.17) is 22.3 Å². The number of nitrogens with two attached hydrogens (primary N) is 1. The molecule has 0 amide bonds. The third-order valence-corrected chi connectivity index (χ3v) is 4.29. The van der Waals surface area contributed by atoms with Gasteiger partial charge in [-0.2, -0.15) is 0 Å². The van der Waals surface area contributed by atoms with Crippen molar-refractivity contribution < 1.29 is 0 Å². The molecule has 1 aliphatic heterocycles. The third kappa shape index (κ3) is 2.80. The molecular weight excluding hydrogens is 286 g/mol. The summed E-state index contributed by atoms with van der Waals surface area (Å²) in [5.74, 6) is 0.919. The Morgan fingerprint density at radius 2 is 1.90 bits per heavy atom. The van der Waals surface area contributed by atoms with Crippen LogP contribution < -0.4 is 10.6 Å². The first-order chi connectivity index (χ1) is 9.84. The van der Waals surface area contributed by atoms with Crippen LogP contribution in [0.2, 0.25) is 0 Å². The lowest BCUT2D eigenvalue weighted by atomic mass is 10.00. The fourth-order valence-electron chi connectivity index (χ4n) is 2.74. The highest BCUT2D eigenvalue weighted by Gasteiger charge is 2.22. The number of nitrogen functional groups attached to an aromatic ring is 1. The SMILES string of the molecule is CN1CCN(c2nc3cc(C(C)(C)Cl)c(N)cc3[nH]2)CC1. The second kappa shape index (κ2) is 5.07. The molecule has 1 aromatic heterocycles. The number of anilines is 2. The molecule has 0 spiro atoms. The van der Waals surface area contributed by atoms with Gasteiger partial charge < -0.3 is 20.5 Å². The van der Waals surface area contributed by atoms with E-state index in [0.29, 0.717) is 5.69 Å². The van der Waals surface area contributed by atoms with Crippen LogP contribution in [0.1, 0.15) is 19.4 Å². The van der Waals surface area contributed by atoms with E-state index in [1.165, 1.54) is 0 Å². The molecule has 21 heavy (non-hydrogen) atoms. The maximum Gasteiger partial charge on any atom is 0.203 e. The third-order valence-electron chi connectivity index (χ3n) is 4.08. The average molecular weight is 308 g/mol. The molecule has 0 saturated carbocycles. The minimum Gasteiger partial charge on any atom is -0.398 e. The molecule has 114 valence electrons. The molecule has 1 aliphatic rings. The Bertz CT molecular complexity index is 650. The van der Waals surface area contributed by atoms with E-state index in [2.05, 4.69) is 21.8 Å². The van der Waals surface area contributed by atoms with Gasteiger partial charge in [0.2, 0.25) is 5.95 Å². The molecule has 1 aromatic carbocycles. The van der Waals surface area contributed by atoms with Gasteiger partial charge in [-0.15, -0.1) is 11.6 Å². The zero-order chi connectivity index (χ0) is 15.2. The van der Waals surface area contributed by atoms with E-state index in [-0.39, 0.29) is 0 Å². The molecular formula is C15H22ClN5. The first-order valence-corrected chi connectivity index (χ1v) is 7.64. The minimum absolute atomic E-state index is 0.495. The number of benzene rings is 1. The zero-order valence-electron chi connectivity index (χ0n) is 12.8. The largest absolute Gasteiger partial charge is 0.398 e. The molecule has 0 bridgehead atoms. The number of likely N-dealkylation sites (N-methyl/N-ethyl adjacent to an activating group) is 1. The number of hydrogen-bond donors (Lipinski definition) is 2. The molecule has 1 saturated heterocycles. The van der Waals surface area contributed by atoms with Gasteiger partial charge in [-0.3, -0.25) is 0 Å². The van der Waals surface area contributed by atoms with Gasteiger partial charge in [-0.05, 0) is 38.6 Å². The Hall–Kier alpha value is -1.46. The van der Waals surface area contributed by atoms with Crippen molar-refractivity contribution in [2.45, 2.75) is 18.7 Å². The maximum absolute atomic E-state index is 6.40. The number of nitrogens with one attached hydrogen (secondary N) is 1. The second-order valence-electron chi connectivity index (χ2n) is 6.28. The van der Waals surface area contributed by atoms with Gasteiger partial charge in [0.1, 0.15) is 0 Å². The van der Waals surface area contributed by atoms with Crippen molar-refractivity contribution >= 4 is 34.3 Å². The van der Waals surface area contributed by atoms with E-state index in [1.807, 2.05) is 26.0 Å².